The van der Waals surface area contributed by atoms with Crippen LogP contribution in [0.2, 0.25) is 10.0 Å². The lowest BCUT2D eigenvalue weighted by Crippen LogP contribution is -2.14. The zero-order valence-electron chi connectivity index (χ0n) is 14.7. The third-order valence-corrected chi connectivity index (χ3v) is 4.64. The smallest absolute Gasteiger partial charge is 0.336 e. The second kappa shape index (κ2) is 7.99. The molecular weight excluding hydrogens is 415 g/mol. The van der Waals surface area contributed by atoms with E-state index in [0.29, 0.717) is 15.6 Å². The van der Waals surface area contributed by atoms with Gasteiger partial charge in [-0.2, -0.15) is 0 Å². The largest absolute Gasteiger partial charge is 0.461 e. The number of rotatable bonds is 4. The highest BCUT2D eigenvalue weighted by atomic mass is 35.5. The number of carbonyl (C=O) groups is 1. The Morgan fingerprint density at radius 2 is 1.86 bits per heavy atom. The summed E-state index contributed by atoms with van der Waals surface area (Å²) >= 11 is 12.1. The van der Waals surface area contributed by atoms with E-state index in [9.17, 15) is 9.59 Å². The highest BCUT2D eigenvalue weighted by molar-refractivity contribution is 6.32. The summed E-state index contributed by atoms with van der Waals surface area (Å²) in [6.45, 7) is 0. The molecule has 0 saturated carbocycles. The molecular formula is C22H12Cl2O5. The highest BCUT2D eigenvalue weighted by Crippen LogP contribution is 2.32. The van der Waals surface area contributed by atoms with Gasteiger partial charge in [0.2, 0.25) is 16.9 Å². The Bertz CT molecular complexity index is 1290. The molecule has 0 aliphatic heterocycles. The van der Waals surface area contributed by atoms with E-state index in [1.54, 1.807) is 48.5 Å². The number of carbonyl (C=O) groups excluding carboxylic acids is 1. The maximum Gasteiger partial charge on any atom is 0.336 e. The molecule has 0 fully saturated rings. The van der Waals surface area contributed by atoms with Crippen molar-refractivity contribution >= 4 is 46.2 Å². The number of benzene rings is 2. The van der Waals surface area contributed by atoms with Gasteiger partial charge in [-0.1, -0.05) is 41.4 Å². The summed E-state index contributed by atoms with van der Waals surface area (Å²) in [5.74, 6) is -0.805. The van der Waals surface area contributed by atoms with Crippen LogP contribution in [0.15, 0.2) is 80.6 Å². The standard InChI is InChI=1S/C22H12Cl2O5/c23-14-8-9-17-15(12-14)20(26)22(21(28-17)18-6-3-11-27-18)29-19(25)10-7-13-4-1-2-5-16(13)24/h1-12H/b10-7+. The molecule has 0 radical (unpaired) electrons. The number of ether oxygens (including phenoxy) is 1. The lowest BCUT2D eigenvalue weighted by Gasteiger charge is -2.08. The van der Waals surface area contributed by atoms with Gasteiger partial charge in [0.25, 0.3) is 0 Å². The van der Waals surface area contributed by atoms with Gasteiger partial charge in [0, 0.05) is 16.1 Å². The molecule has 2 heterocycles. The summed E-state index contributed by atoms with van der Waals surface area (Å²) in [6, 6.07) is 14.8. The first-order chi connectivity index (χ1) is 14.0. The van der Waals surface area contributed by atoms with E-state index in [1.165, 1.54) is 24.5 Å². The van der Waals surface area contributed by atoms with Gasteiger partial charge in [-0.3, -0.25) is 4.79 Å². The van der Waals surface area contributed by atoms with Crippen LogP contribution in [-0.2, 0) is 4.79 Å². The van der Waals surface area contributed by atoms with Crippen molar-refractivity contribution in [1.82, 2.24) is 0 Å². The number of hydrogen-bond donors (Lipinski definition) is 0. The van der Waals surface area contributed by atoms with E-state index in [4.69, 9.17) is 36.8 Å². The molecule has 7 heteroatoms. The maximum atomic E-state index is 13.0. The highest BCUT2D eigenvalue weighted by Gasteiger charge is 2.21. The molecule has 0 atom stereocenters. The van der Waals surface area contributed by atoms with E-state index in [2.05, 4.69) is 0 Å². The monoisotopic (exact) mass is 426 g/mol. The van der Waals surface area contributed by atoms with Gasteiger partial charge >= 0.3 is 5.97 Å². The molecule has 4 aromatic rings. The molecule has 0 amide bonds. The Morgan fingerprint density at radius 3 is 2.62 bits per heavy atom. The van der Waals surface area contributed by atoms with Gasteiger partial charge in [-0.05, 0) is 48.0 Å². The molecule has 0 aliphatic rings. The number of esters is 1. The summed E-state index contributed by atoms with van der Waals surface area (Å²) in [4.78, 5) is 25.4. The lowest BCUT2D eigenvalue weighted by atomic mass is 10.2. The molecule has 5 nitrogen and oxygen atoms in total. The van der Waals surface area contributed by atoms with Gasteiger partial charge in [0.05, 0.1) is 11.6 Å². The van der Waals surface area contributed by atoms with Crippen LogP contribution in [0.1, 0.15) is 5.56 Å². The Labute approximate surface area is 174 Å². The molecule has 2 aromatic carbocycles. The Morgan fingerprint density at radius 1 is 1.03 bits per heavy atom. The molecule has 0 unspecified atom stereocenters. The van der Waals surface area contributed by atoms with Gasteiger partial charge in [-0.15, -0.1) is 0 Å². The van der Waals surface area contributed by atoms with Crippen molar-refractivity contribution in [1.29, 1.82) is 0 Å². The van der Waals surface area contributed by atoms with Gasteiger partial charge in [-0.25, -0.2) is 4.79 Å². The topological polar surface area (TPSA) is 69.7 Å². The number of halogens is 2. The van der Waals surface area contributed by atoms with E-state index < -0.39 is 11.4 Å². The molecule has 29 heavy (non-hydrogen) atoms. The van der Waals surface area contributed by atoms with Crippen LogP contribution in [-0.4, -0.2) is 5.97 Å². The minimum atomic E-state index is -0.772. The summed E-state index contributed by atoms with van der Waals surface area (Å²) < 4.78 is 16.4. The average molecular weight is 427 g/mol. The molecule has 4 rings (SSSR count). The minimum Gasteiger partial charge on any atom is -0.461 e. The number of fused-ring (bicyclic) bond motifs is 1. The molecule has 144 valence electrons. The summed E-state index contributed by atoms with van der Waals surface area (Å²) in [5, 5.41) is 1.02. The molecule has 2 aromatic heterocycles. The fraction of sp³-hybridized carbons (Fsp3) is 0. The van der Waals surface area contributed by atoms with Crippen LogP contribution in [0, 0.1) is 0 Å². The third-order valence-electron chi connectivity index (χ3n) is 4.06. The maximum absolute atomic E-state index is 13.0. The second-order valence-corrected chi connectivity index (χ2v) is 6.83. The van der Waals surface area contributed by atoms with Crippen molar-refractivity contribution in [2.24, 2.45) is 0 Å². The lowest BCUT2D eigenvalue weighted by molar-refractivity contribution is -0.129. The van der Waals surface area contributed by atoms with Gasteiger partial charge in [0.1, 0.15) is 5.58 Å². The van der Waals surface area contributed by atoms with Crippen molar-refractivity contribution in [3.8, 4) is 17.3 Å². The van der Waals surface area contributed by atoms with Crippen LogP contribution in [0.25, 0.3) is 28.6 Å². The fourth-order valence-electron chi connectivity index (χ4n) is 2.72. The van der Waals surface area contributed by atoms with Crippen LogP contribution < -0.4 is 10.2 Å². The summed E-state index contributed by atoms with van der Waals surface area (Å²) in [6.07, 6.45) is 4.09. The number of furan rings is 1. The van der Waals surface area contributed by atoms with E-state index in [0.717, 1.165) is 0 Å². The quantitative estimate of drug-likeness (QED) is 0.296. The summed E-state index contributed by atoms with van der Waals surface area (Å²) in [5.41, 5.74) is 0.381. The van der Waals surface area contributed by atoms with Crippen LogP contribution in [0.5, 0.6) is 5.75 Å². The van der Waals surface area contributed by atoms with Crippen LogP contribution >= 0.6 is 23.2 Å². The van der Waals surface area contributed by atoms with Crippen LogP contribution in [0.3, 0.4) is 0 Å². The van der Waals surface area contributed by atoms with Crippen molar-refractivity contribution in [3.05, 3.63) is 92.8 Å². The SMILES string of the molecule is O=C(/C=C/c1ccccc1Cl)Oc1c(-c2ccco2)oc2ccc(Cl)cc2c1=O. The van der Waals surface area contributed by atoms with Crippen molar-refractivity contribution in [3.63, 3.8) is 0 Å². The number of hydrogen-bond acceptors (Lipinski definition) is 5. The Kier molecular flexibility index (Phi) is 5.25. The molecule has 0 N–H and O–H groups in total. The predicted octanol–water partition coefficient (Wildman–Crippen LogP) is 5.98. The van der Waals surface area contributed by atoms with Crippen molar-refractivity contribution in [2.75, 3.05) is 0 Å². The molecule has 0 aliphatic carbocycles. The van der Waals surface area contributed by atoms with E-state index in [1.807, 2.05) is 0 Å². The van der Waals surface area contributed by atoms with E-state index in [-0.39, 0.29) is 28.2 Å². The van der Waals surface area contributed by atoms with Crippen LogP contribution in [0.4, 0.5) is 0 Å². The van der Waals surface area contributed by atoms with Gasteiger partial charge < -0.3 is 13.6 Å². The van der Waals surface area contributed by atoms with Crippen molar-refractivity contribution < 1.29 is 18.4 Å². The third kappa shape index (κ3) is 3.97. The average Bonchev–Trinajstić information content (AvgIpc) is 3.24. The zero-order chi connectivity index (χ0) is 20.4. The normalized spacial score (nSPS) is 11.2. The minimum absolute atomic E-state index is 0.00863. The van der Waals surface area contributed by atoms with E-state index >= 15 is 0 Å². The summed E-state index contributed by atoms with van der Waals surface area (Å²) in [7, 11) is 0. The fourth-order valence-corrected chi connectivity index (χ4v) is 3.09. The van der Waals surface area contributed by atoms with Gasteiger partial charge in [0.15, 0.2) is 5.76 Å². The molecule has 0 saturated heterocycles. The second-order valence-electron chi connectivity index (χ2n) is 5.98. The Hall–Kier alpha value is -3.28. The predicted molar refractivity (Wildman–Crippen MR) is 111 cm³/mol. The first-order valence-electron chi connectivity index (χ1n) is 8.47. The molecule has 0 spiro atoms. The first-order valence-corrected chi connectivity index (χ1v) is 9.23. The zero-order valence-corrected chi connectivity index (χ0v) is 16.2. The Balaban J connectivity index is 1.76. The first kappa shape index (κ1) is 19.1. The molecule has 0 bridgehead atoms. The van der Waals surface area contributed by atoms with Crippen molar-refractivity contribution in [2.45, 2.75) is 0 Å².